The molecule has 0 aliphatic heterocycles. The standard InChI is InChI=1S/C16H19FN2/c1-12-4-3-5-15(10-12)19(2)16-7-6-14(17)11-13(16)8-9-18/h3-7,10-11H,8-9,18H2,1-2H3. The van der Waals surface area contributed by atoms with Gasteiger partial charge in [-0.3, -0.25) is 0 Å². The summed E-state index contributed by atoms with van der Waals surface area (Å²) in [4.78, 5) is 2.07. The fourth-order valence-corrected chi connectivity index (χ4v) is 2.21. The second-order valence-corrected chi connectivity index (χ2v) is 4.71. The lowest BCUT2D eigenvalue weighted by Crippen LogP contribution is -2.14. The topological polar surface area (TPSA) is 29.3 Å². The Hall–Kier alpha value is -1.87. The van der Waals surface area contributed by atoms with Crippen molar-refractivity contribution >= 4 is 11.4 Å². The van der Waals surface area contributed by atoms with Gasteiger partial charge in [-0.1, -0.05) is 12.1 Å². The van der Waals surface area contributed by atoms with E-state index in [0.717, 1.165) is 16.9 Å². The summed E-state index contributed by atoms with van der Waals surface area (Å²) >= 11 is 0. The third-order valence-corrected chi connectivity index (χ3v) is 3.21. The van der Waals surface area contributed by atoms with Crippen molar-refractivity contribution in [3.8, 4) is 0 Å². The zero-order valence-corrected chi connectivity index (χ0v) is 11.4. The Bertz CT molecular complexity index is 566. The van der Waals surface area contributed by atoms with Gasteiger partial charge in [-0.25, -0.2) is 4.39 Å². The van der Waals surface area contributed by atoms with E-state index in [1.165, 1.54) is 11.6 Å². The summed E-state index contributed by atoms with van der Waals surface area (Å²) in [5.41, 5.74) is 9.82. The lowest BCUT2D eigenvalue weighted by atomic mass is 10.1. The zero-order chi connectivity index (χ0) is 13.8. The van der Waals surface area contributed by atoms with Gasteiger partial charge in [0.1, 0.15) is 5.82 Å². The second kappa shape index (κ2) is 5.85. The van der Waals surface area contributed by atoms with E-state index in [1.807, 2.05) is 25.2 Å². The summed E-state index contributed by atoms with van der Waals surface area (Å²) in [6.07, 6.45) is 0.670. The molecular weight excluding hydrogens is 239 g/mol. The highest BCUT2D eigenvalue weighted by molar-refractivity contribution is 5.66. The molecule has 0 saturated carbocycles. The monoisotopic (exact) mass is 258 g/mol. The largest absolute Gasteiger partial charge is 0.344 e. The van der Waals surface area contributed by atoms with Gasteiger partial charge in [-0.05, 0) is 61.3 Å². The first kappa shape index (κ1) is 13.6. The van der Waals surface area contributed by atoms with Crippen molar-refractivity contribution in [2.45, 2.75) is 13.3 Å². The maximum absolute atomic E-state index is 13.3. The van der Waals surface area contributed by atoms with Gasteiger partial charge >= 0.3 is 0 Å². The first-order chi connectivity index (χ1) is 9.11. The van der Waals surface area contributed by atoms with Crippen molar-refractivity contribution < 1.29 is 4.39 Å². The summed E-state index contributed by atoms with van der Waals surface area (Å²) in [5, 5.41) is 0. The van der Waals surface area contributed by atoms with E-state index in [4.69, 9.17) is 5.73 Å². The van der Waals surface area contributed by atoms with Crippen LogP contribution in [0.15, 0.2) is 42.5 Å². The van der Waals surface area contributed by atoms with Crippen LogP contribution >= 0.6 is 0 Å². The van der Waals surface area contributed by atoms with Crippen LogP contribution in [0, 0.1) is 12.7 Å². The summed E-state index contributed by atoms with van der Waals surface area (Å²) in [7, 11) is 1.99. The van der Waals surface area contributed by atoms with Gasteiger partial charge in [0.05, 0.1) is 0 Å². The highest BCUT2D eigenvalue weighted by Crippen LogP contribution is 2.28. The molecule has 2 rings (SSSR count). The highest BCUT2D eigenvalue weighted by atomic mass is 19.1. The molecule has 0 unspecified atom stereocenters. The predicted molar refractivity (Wildman–Crippen MR) is 78.4 cm³/mol. The Morgan fingerprint density at radius 2 is 1.95 bits per heavy atom. The molecular formula is C16H19FN2. The fourth-order valence-electron chi connectivity index (χ4n) is 2.21. The van der Waals surface area contributed by atoms with Crippen LogP contribution in [0.3, 0.4) is 0 Å². The molecule has 0 aromatic heterocycles. The summed E-state index contributed by atoms with van der Waals surface area (Å²) in [6.45, 7) is 2.57. The van der Waals surface area contributed by atoms with E-state index < -0.39 is 0 Å². The van der Waals surface area contributed by atoms with Crippen molar-refractivity contribution in [3.63, 3.8) is 0 Å². The van der Waals surface area contributed by atoms with E-state index in [0.29, 0.717) is 13.0 Å². The minimum Gasteiger partial charge on any atom is -0.344 e. The van der Waals surface area contributed by atoms with Crippen molar-refractivity contribution in [3.05, 3.63) is 59.4 Å². The second-order valence-electron chi connectivity index (χ2n) is 4.71. The lowest BCUT2D eigenvalue weighted by Gasteiger charge is -2.23. The van der Waals surface area contributed by atoms with Crippen LogP contribution in [0.5, 0.6) is 0 Å². The SMILES string of the molecule is Cc1cccc(N(C)c2ccc(F)cc2CCN)c1. The molecule has 0 radical (unpaired) electrons. The summed E-state index contributed by atoms with van der Waals surface area (Å²) < 4.78 is 13.3. The van der Waals surface area contributed by atoms with Crippen molar-refractivity contribution in [2.75, 3.05) is 18.5 Å². The number of hydrogen-bond donors (Lipinski definition) is 1. The molecule has 2 aromatic rings. The van der Waals surface area contributed by atoms with Crippen LogP contribution in [-0.4, -0.2) is 13.6 Å². The van der Waals surface area contributed by atoms with Crippen LogP contribution in [-0.2, 0) is 6.42 Å². The van der Waals surface area contributed by atoms with Crippen LogP contribution in [0.1, 0.15) is 11.1 Å². The molecule has 2 N–H and O–H groups in total. The molecule has 0 fully saturated rings. The first-order valence-electron chi connectivity index (χ1n) is 6.40. The van der Waals surface area contributed by atoms with E-state index >= 15 is 0 Å². The third kappa shape index (κ3) is 3.12. The van der Waals surface area contributed by atoms with Crippen LogP contribution in [0.2, 0.25) is 0 Å². The zero-order valence-electron chi connectivity index (χ0n) is 11.4. The molecule has 2 aromatic carbocycles. The quantitative estimate of drug-likeness (QED) is 0.910. The van der Waals surface area contributed by atoms with Gasteiger partial charge in [-0.2, -0.15) is 0 Å². The molecule has 0 aliphatic rings. The van der Waals surface area contributed by atoms with Gasteiger partial charge in [0.2, 0.25) is 0 Å². The minimum absolute atomic E-state index is 0.218. The number of nitrogens with zero attached hydrogens (tertiary/aromatic N) is 1. The van der Waals surface area contributed by atoms with Crippen molar-refractivity contribution in [1.82, 2.24) is 0 Å². The Balaban J connectivity index is 2.40. The van der Waals surface area contributed by atoms with Crippen molar-refractivity contribution in [2.24, 2.45) is 5.73 Å². The molecule has 2 nitrogen and oxygen atoms in total. The number of anilines is 2. The Morgan fingerprint density at radius 3 is 2.63 bits per heavy atom. The molecule has 0 spiro atoms. The molecule has 19 heavy (non-hydrogen) atoms. The normalized spacial score (nSPS) is 10.5. The van der Waals surface area contributed by atoms with Gasteiger partial charge in [0.25, 0.3) is 0 Å². The maximum Gasteiger partial charge on any atom is 0.123 e. The lowest BCUT2D eigenvalue weighted by molar-refractivity contribution is 0.625. The Morgan fingerprint density at radius 1 is 1.16 bits per heavy atom. The summed E-state index contributed by atoms with van der Waals surface area (Å²) in [6, 6.07) is 13.1. The van der Waals surface area contributed by atoms with Gasteiger partial charge in [0.15, 0.2) is 0 Å². The predicted octanol–water partition coefficient (Wildman–Crippen LogP) is 3.40. The van der Waals surface area contributed by atoms with Crippen LogP contribution in [0.25, 0.3) is 0 Å². The first-order valence-corrected chi connectivity index (χ1v) is 6.40. The summed E-state index contributed by atoms with van der Waals surface area (Å²) in [5.74, 6) is -0.218. The molecule has 0 aliphatic carbocycles. The van der Waals surface area contributed by atoms with Gasteiger partial charge < -0.3 is 10.6 Å². The number of benzene rings is 2. The molecule has 0 amide bonds. The molecule has 0 saturated heterocycles. The third-order valence-electron chi connectivity index (χ3n) is 3.21. The molecule has 0 atom stereocenters. The van der Waals surface area contributed by atoms with Crippen LogP contribution < -0.4 is 10.6 Å². The van der Waals surface area contributed by atoms with Gasteiger partial charge in [-0.15, -0.1) is 0 Å². The molecule has 0 heterocycles. The van der Waals surface area contributed by atoms with E-state index in [9.17, 15) is 4.39 Å². The number of nitrogens with two attached hydrogens (primary N) is 1. The number of rotatable bonds is 4. The molecule has 100 valence electrons. The fraction of sp³-hybridized carbons (Fsp3) is 0.250. The van der Waals surface area contributed by atoms with E-state index in [2.05, 4.69) is 24.0 Å². The smallest absolute Gasteiger partial charge is 0.123 e. The maximum atomic E-state index is 13.3. The van der Waals surface area contributed by atoms with E-state index in [1.54, 1.807) is 6.07 Å². The van der Waals surface area contributed by atoms with Gasteiger partial charge in [0, 0.05) is 18.4 Å². The Kier molecular flexibility index (Phi) is 4.17. The average molecular weight is 258 g/mol. The number of aryl methyl sites for hydroxylation is 1. The number of halogens is 1. The average Bonchev–Trinajstić information content (AvgIpc) is 2.39. The van der Waals surface area contributed by atoms with Crippen molar-refractivity contribution in [1.29, 1.82) is 0 Å². The Labute approximate surface area is 113 Å². The minimum atomic E-state index is -0.218. The molecule has 3 heteroatoms. The number of hydrogen-bond acceptors (Lipinski definition) is 2. The molecule has 0 bridgehead atoms. The van der Waals surface area contributed by atoms with Crippen LogP contribution in [0.4, 0.5) is 15.8 Å². The highest BCUT2D eigenvalue weighted by Gasteiger charge is 2.10. The van der Waals surface area contributed by atoms with E-state index in [-0.39, 0.29) is 5.82 Å².